The molecule has 0 fully saturated rings. The molecule has 0 aliphatic carbocycles. The number of halogens is 2. The number of methoxy groups -OCH3 is 1. The molecule has 5 rings (SSSR count). The van der Waals surface area contributed by atoms with Crippen LogP contribution in [0.2, 0.25) is 5.02 Å². The first kappa shape index (κ1) is 19.8. The normalized spacial score (nSPS) is 12.9. The molecule has 0 atom stereocenters. The Morgan fingerprint density at radius 3 is 2.87 bits per heavy atom. The van der Waals surface area contributed by atoms with Crippen molar-refractivity contribution in [3.8, 4) is 17.0 Å². The monoisotopic (exact) mass is 453 g/mol. The van der Waals surface area contributed by atoms with Crippen LogP contribution < -0.4 is 14.8 Å². The van der Waals surface area contributed by atoms with E-state index in [-0.39, 0.29) is 11.8 Å². The lowest BCUT2D eigenvalue weighted by Crippen LogP contribution is -2.10. The molecule has 1 aliphatic heterocycles. The van der Waals surface area contributed by atoms with Crippen molar-refractivity contribution in [2.45, 2.75) is 11.3 Å². The number of hydrogen-bond donors (Lipinski definition) is 1. The summed E-state index contributed by atoms with van der Waals surface area (Å²) in [4.78, 5) is 13.3. The van der Waals surface area contributed by atoms with Gasteiger partial charge in [-0.15, -0.1) is 0 Å². The van der Waals surface area contributed by atoms with E-state index in [1.807, 2.05) is 30.3 Å². The summed E-state index contributed by atoms with van der Waals surface area (Å²) in [7, 11) is 1.57. The quantitative estimate of drug-likeness (QED) is 0.428. The predicted octanol–water partition coefficient (Wildman–Crippen LogP) is 5.14. The molecule has 0 bridgehead atoms. The average Bonchev–Trinajstić information content (AvgIpc) is 3.16. The van der Waals surface area contributed by atoms with E-state index in [0.29, 0.717) is 22.9 Å². The summed E-state index contributed by atoms with van der Waals surface area (Å²) in [5.41, 5.74) is 9.68. The molecule has 2 N–H and O–H groups in total. The van der Waals surface area contributed by atoms with Gasteiger partial charge in [0.1, 0.15) is 5.82 Å². The van der Waals surface area contributed by atoms with Crippen LogP contribution in [0.15, 0.2) is 53.7 Å². The third-order valence-corrected chi connectivity index (χ3v) is 6.44. The number of ether oxygens (including phenoxy) is 1. The van der Waals surface area contributed by atoms with Gasteiger partial charge < -0.3 is 14.8 Å². The van der Waals surface area contributed by atoms with Crippen LogP contribution in [0.5, 0.6) is 5.88 Å². The molecular formula is C22H17ClFN5OS. The van der Waals surface area contributed by atoms with E-state index in [9.17, 15) is 4.39 Å². The highest BCUT2D eigenvalue weighted by molar-refractivity contribution is 8.00. The molecule has 9 heteroatoms. The number of hydrogen-bond acceptors (Lipinski definition) is 7. The van der Waals surface area contributed by atoms with Gasteiger partial charge in [0, 0.05) is 29.9 Å². The zero-order valence-electron chi connectivity index (χ0n) is 16.5. The van der Waals surface area contributed by atoms with Crippen LogP contribution in [0.1, 0.15) is 5.56 Å². The first-order valence-corrected chi connectivity index (χ1v) is 10.7. The van der Waals surface area contributed by atoms with E-state index in [2.05, 4.69) is 19.3 Å². The Balaban J connectivity index is 1.55. The van der Waals surface area contributed by atoms with Gasteiger partial charge in [0.2, 0.25) is 11.8 Å². The highest BCUT2D eigenvalue weighted by Gasteiger charge is 2.27. The minimum Gasteiger partial charge on any atom is -0.480 e. The molecule has 6 nitrogen and oxygen atoms in total. The van der Waals surface area contributed by atoms with Crippen molar-refractivity contribution < 1.29 is 9.13 Å². The second-order valence-corrected chi connectivity index (χ2v) is 8.53. The van der Waals surface area contributed by atoms with Crippen LogP contribution in [0.25, 0.3) is 22.0 Å². The van der Waals surface area contributed by atoms with Crippen molar-refractivity contribution in [1.82, 2.24) is 15.0 Å². The predicted molar refractivity (Wildman–Crippen MR) is 122 cm³/mol. The number of rotatable bonds is 4. The number of nitrogens with two attached hydrogens (primary N) is 1. The fourth-order valence-corrected chi connectivity index (χ4v) is 5.09. The van der Waals surface area contributed by atoms with Crippen LogP contribution in [-0.4, -0.2) is 28.6 Å². The SMILES string of the molecule is COc1ncc(Cl)cc1SN1CCc2c1ccc(F)c2-c1ccc2nc(N)ncc2c1. The minimum absolute atomic E-state index is 0.214. The van der Waals surface area contributed by atoms with Crippen molar-refractivity contribution in [3.63, 3.8) is 0 Å². The number of fused-ring (bicyclic) bond motifs is 2. The van der Waals surface area contributed by atoms with Crippen molar-refractivity contribution in [3.05, 3.63) is 65.2 Å². The third kappa shape index (κ3) is 3.62. The Morgan fingerprint density at radius 2 is 2.03 bits per heavy atom. The molecule has 0 amide bonds. The lowest BCUT2D eigenvalue weighted by molar-refractivity contribution is 0.387. The maximum absolute atomic E-state index is 15.0. The van der Waals surface area contributed by atoms with E-state index in [0.717, 1.165) is 39.2 Å². The largest absolute Gasteiger partial charge is 0.480 e. The smallest absolute Gasteiger partial charge is 0.228 e. The molecule has 0 saturated carbocycles. The molecule has 156 valence electrons. The first-order chi connectivity index (χ1) is 15.0. The lowest BCUT2D eigenvalue weighted by atomic mass is 9.96. The molecule has 2 aromatic carbocycles. The summed E-state index contributed by atoms with van der Waals surface area (Å²) < 4.78 is 22.5. The van der Waals surface area contributed by atoms with Gasteiger partial charge in [0.05, 0.1) is 28.2 Å². The molecule has 1 aliphatic rings. The van der Waals surface area contributed by atoms with Crippen LogP contribution in [0.3, 0.4) is 0 Å². The van der Waals surface area contributed by atoms with Crippen molar-refractivity contribution >= 4 is 46.1 Å². The molecule has 0 unspecified atom stereocenters. The summed E-state index contributed by atoms with van der Waals surface area (Å²) in [6.45, 7) is 0.722. The number of benzene rings is 2. The van der Waals surface area contributed by atoms with Crippen LogP contribution in [0.4, 0.5) is 16.0 Å². The second-order valence-electron chi connectivity index (χ2n) is 7.03. The second kappa shape index (κ2) is 7.86. The summed E-state index contributed by atoms with van der Waals surface area (Å²) in [6, 6.07) is 10.7. The summed E-state index contributed by atoms with van der Waals surface area (Å²) >= 11 is 7.60. The molecule has 0 radical (unpaired) electrons. The topological polar surface area (TPSA) is 77.2 Å². The van der Waals surface area contributed by atoms with Crippen molar-refractivity contribution in [2.24, 2.45) is 0 Å². The van der Waals surface area contributed by atoms with E-state index in [4.69, 9.17) is 22.1 Å². The summed E-state index contributed by atoms with van der Waals surface area (Å²) in [5, 5.41) is 1.34. The van der Waals surface area contributed by atoms with Crippen LogP contribution >= 0.6 is 23.5 Å². The summed E-state index contributed by atoms with van der Waals surface area (Å²) in [5.74, 6) is 0.452. The van der Waals surface area contributed by atoms with Gasteiger partial charge >= 0.3 is 0 Å². The van der Waals surface area contributed by atoms with Gasteiger partial charge in [-0.05, 0) is 59.8 Å². The van der Waals surface area contributed by atoms with Gasteiger partial charge in [0.25, 0.3) is 0 Å². The highest BCUT2D eigenvalue weighted by atomic mass is 35.5. The zero-order valence-corrected chi connectivity index (χ0v) is 18.0. The standard InChI is InChI=1S/C22H17ClFN5OS/c1-30-21-19(9-14(23)11-26-21)31-29-7-6-15-18(29)5-3-16(24)20(15)12-2-4-17-13(8-12)10-27-22(25)28-17/h2-5,8-11H,6-7H2,1H3,(H2,25,27,28). The van der Waals surface area contributed by atoms with Gasteiger partial charge in [-0.25, -0.2) is 19.3 Å². The Labute approximate surface area is 187 Å². The Kier molecular flexibility index (Phi) is 5.03. The Bertz CT molecular complexity index is 1320. The molecule has 0 saturated heterocycles. The minimum atomic E-state index is -0.261. The number of pyridine rings is 1. The maximum Gasteiger partial charge on any atom is 0.228 e. The average molecular weight is 454 g/mol. The highest BCUT2D eigenvalue weighted by Crippen LogP contribution is 2.44. The molecule has 3 heterocycles. The molecule has 0 spiro atoms. The van der Waals surface area contributed by atoms with E-state index >= 15 is 0 Å². The van der Waals surface area contributed by atoms with Gasteiger partial charge in [-0.2, -0.15) is 0 Å². The molecule has 2 aromatic heterocycles. The lowest BCUT2D eigenvalue weighted by Gasteiger charge is -2.19. The van der Waals surface area contributed by atoms with Crippen LogP contribution in [-0.2, 0) is 6.42 Å². The zero-order chi connectivity index (χ0) is 21.5. The number of aromatic nitrogens is 3. The molecule has 4 aromatic rings. The third-order valence-electron chi connectivity index (χ3n) is 5.14. The molecule has 31 heavy (non-hydrogen) atoms. The molecular weight excluding hydrogens is 437 g/mol. The summed E-state index contributed by atoms with van der Waals surface area (Å²) in [6.07, 6.45) is 3.91. The number of nitrogen functional groups attached to an aromatic ring is 1. The first-order valence-electron chi connectivity index (χ1n) is 9.52. The van der Waals surface area contributed by atoms with Crippen molar-refractivity contribution in [1.29, 1.82) is 0 Å². The van der Waals surface area contributed by atoms with Gasteiger partial charge in [-0.3, -0.25) is 0 Å². The van der Waals surface area contributed by atoms with Crippen LogP contribution in [0, 0.1) is 5.82 Å². The van der Waals surface area contributed by atoms with E-state index in [1.165, 1.54) is 18.0 Å². The van der Waals surface area contributed by atoms with Crippen molar-refractivity contribution in [2.75, 3.05) is 23.7 Å². The Morgan fingerprint density at radius 1 is 1.16 bits per heavy atom. The fraction of sp³-hybridized carbons (Fsp3) is 0.136. The van der Waals surface area contributed by atoms with E-state index in [1.54, 1.807) is 19.5 Å². The number of anilines is 2. The van der Waals surface area contributed by atoms with E-state index < -0.39 is 0 Å². The van der Waals surface area contributed by atoms with Gasteiger partial charge in [0.15, 0.2) is 0 Å². The Hall–Kier alpha value is -3.10. The number of nitrogens with zero attached hydrogens (tertiary/aromatic N) is 4. The fourth-order valence-electron chi connectivity index (χ4n) is 3.78. The maximum atomic E-state index is 15.0. The van der Waals surface area contributed by atoms with Gasteiger partial charge in [-0.1, -0.05) is 17.7 Å².